The zero-order valence-electron chi connectivity index (χ0n) is 13.5. The van der Waals surface area contributed by atoms with Crippen LogP contribution < -0.4 is 4.83 Å². The quantitative estimate of drug-likeness (QED) is 0.349. The lowest BCUT2D eigenvalue weighted by atomic mass is 10.2. The zero-order chi connectivity index (χ0) is 19.3. The summed E-state index contributed by atoms with van der Waals surface area (Å²) in [4.78, 5) is 17.2. The lowest BCUT2D eigenvalue weighted by Gasteiger charge is -2.03. The van der Waals surface area contributed by atoms with E-state index in [1.54, 1.807) is 24.3 Å². The SMILES string of the molecule is O=[N+]([O-])c1cc(/C=N\NS(=O)(=O)c2ccccc2)ccc1Sc1ncn[nH]1. The summed E-state index contributed by atoms with van der Waals surface area (Å²) in [5, 5.41) is 21.7. The van der Waals surface area contributed by atoms with Crippen molar-refractivity contribution in [2.45, 2.75) is 14.9 Å². The molecule has 0 bridgehead atoms. The van der Waals surface area contributed by atoms with E-state index in [1.165, 1.54) is 36.8 Å². The Balaban J connectivity index is 1.78. The number of nitro benzene ring substituents is 1. The summed E-state index contributed by atoms with van der Waals surface area (Å²) >= 11 is 1.06. The lowest BCUT2D eigenvalue weighted by Crippen LogP contribution is -2.18. The number of H-pyrrole nitrogens is 1. The Labute approximate surface area is 157 Å². The third-order valence-electron chi connectivity index (χ3n) is 3.22. The Hall–Kier alpha value is -3.25. The van der Waals surface area contributed by atoms with Crippen molar-refractivity contribution in [3.05, 3.63) is 70.5 Å². The number of hydrogen-bond acceptors (Lipinski definition) is 8. The maximum absolute atomic E-state index is 12.1. The first-order valence-electron chi connectivity index (χ1n) is 7.37. The van der Waals surface area contributed by atoms with E-state index in [-0.39, 0.29) is 10.6 Å². The van der Waals surface area contributed by atoms with Gasteiger partial charge in [0.2, 0.25) is 0 Å². The Bertz CT molecular complexity index is 1070. The maximum atomic E-state index is 12.1. The van der Waals surface area contributed by atoms with Gasteiger partial charge >= 0.3 is 0 Å². The van der Waals surface area contributed by atoms with E-state index in [4.69, 9.17) is 0 Å². The van der Waals surface area contributed by atoms with Gasteiger partial charge < -0.3 is 0 Å². The number of benzene rings is 2. The summed E-state index contributed by atoms with van der Waals surface area (Å²) < 4.78 is 24.2. The smallest absolute Gasteiger partial charge is 0.258 e. The fourth-order valence-corrected chi connectivity index (χ4v) is 3.61. The van der Waals surface area contributed by atoms with Gasteiger partial charge in [-0.25, -0.2) is 9.82 Å². The highest BCUT2D eigenvalue weighted by Crippen LogP contribution is 2.33. The summed E-state index contributed by atoms with van der Waals surface area (Å²) in [6.45, 7) is 0. The highest BCUT2D eigenvalue weighted by atomic mass is 32.2. The van der Waals surface area contributed by atoms with Gasteiger partial charge in [-0.15, -0.1) is 0 Å². The van der Waals surface area contributed by atoms with E-state index in [9.17, 15) is 18.5 Å². The van der Waals surface area contributed by atoms with Crippen LogP contribution in [0.2, 0.25) is 0 Å². The molecule has 0 saturated heterocycles. The van der Waals surface area contributed by atoms with Crippen LogP contribution in [0.5, 0.6) is 0 Å². The largest absolute Gasteiger partial charge is 0.283 e. The molecule has 0 amide bonds. The third kappa shape index (κ3) is 4.68. The van der Waals surface area contributed by atoms with Crippen LogP contribution in [0.1, 0.15) is 5.56 Å². The molecule has 0 radical (unpaired) electrons. The van der Waals surface area contributed by atoms with Crippen molar-refractivity contribution in [3.63, 3.8) is 0 Å². The van der Waals surface area contributed by atoms with Crippen molar-refractivity contribution in [3.8, 4) is 0 Å². The Kier molecular flexibility index (Phi) is 5.47. The Morgan fingerprint density at radius 2 is 2.00 bits per heavy atom. The van der Waals surface area contributed by atoms with E-state index in [0.29, 0.717) is 15.6 Å². The number of hydrazone groups is 1. The predicted molar refractivity (Wildman–Crippen MR) is 98.0 cm³/mol. The lowest BCUT2D eigenvalue weighted by molar-refractivity contribution is -0.387. The highest BCUT2D eigenvalue weighted by molar-refractivity contribution is 7.99. The molecule has 27 heavy (non-hydrogen) atoms. The maximum Gasteiger partial charge on any atom is 0.283 e. The Morgan fingerprint density at radius 1 is 1.22 bits per heavy atom. The van der Waals surface area contributed by atoms with Crippen molar-refractivity contribution in [1.29, 1.82) is 0 Å². The molecule has 0 unspecified atom stereocenters. The molecule has 1 aromatic heterocycles. The number of sulfonamides is 1. The van der Waals surface area contributed by atoms with Gasteiger partial charge in [0, 0.05) is 11.6 Å². The minimum atomic E-state index is -3.80. The highest BCUT2D eigenvalue weighted by Gasteiger charge is 2.17. The minimum absolute atomic E-state index is 0.0620. The molecule has 0 atom stereocenters. The van der Waals surface area contributed by atoms with Gasteiger partial charge in [-0.3, -0.25) is 15.2 Å². The molecule has 3 rings (SSSR count). The predicted octanol–water partition coefficient (Wildman–Crippen LogP) is 2.18. The molecule has 0 aliphatic rings. The summed E-state index contributed by atoms with van der Waals surface area (Å²) in [6, 6.07) is 12.1. The topological polar surface area (TPSA) is 143 Å². The van der Waals surface area contributed by atoms with Crippen LogP contribution in [0.4, 0.5) is 5.69 Å². The number of hydrogen-bond donors (Lipinski definition) is 2. The van der Waals surface area contributed by atoms with Crippen LogP contribution in [0.15, 0.2) is 74.9 Å². The average molecular weight is 404 g/mol. The van der Waals surface area contributed by atoms with Gasteiger partial charge in [0.15, 0.2) is 5.16 Å². The van der Waals surface area contributed by atoms with Crippen molar-refractivity contribution >= 4 is 33.7 Å². The fraction of sp³-hybridized carbons (Fsp3) is 0. The molecule has 0 aliphatic carbocycles. The van der Waals surface area contributed by atoms with Gasteiger partial charge in [0.1, 0.15) is 6.33 Å². The first-order chi connectivity index (χ1) is 13.0. The van der Waals surface area contributed by atoms with Gasteiger partial charge in [0.25, 0.3) is 15.7 Å². The molecule has 0 fully saturated rings. The number of nitrogens with zero attached hydrogens (tertiary/aromatic N) is 4. The number of nitro groups is 1. The second kappa shape index (κ2) is 7.97. The second-order valence-electron chi connectivity index (χ2n) is 5.04. The van der Waals surface area contributed by atoms with Gasteiger partial charge in [-0.2, -0.15) is 18.6 Å². The first-order valence-corrected chi connectivity index (χ1v) is 9.67. The van der Waals surface area contributed by atoms with Crippen LogP contribution in [0.3, 0.4) is 0 Å². The van der Waals surface area contributed by atoms with Crippen LogP contribution in [0.25, 0.3) is 0 Å². The number of nitrogens with one attached hydrogen (secondary N) is 2. The van der Waals surface area contributed by atoms with E-state index >= 15 is 0 Å². The average Bonchev–Trinajstić information content (AvgIpc) is 3.16. The van der Waals surface area contributed by atoms with Crippen LogP contribution >= 0.6 is 11.8 Å². The molecule has 3 aromatic rings. The molecule has 0 saturated carbocycles. The molecule has 138 valence electrons. The zero-order valence-corrected chi connectivity index (χ0v) is 15.1. The van der Waals surface area contributed by atoms with Crippen molar-refractivity contribution in [1.82, 2.24) is 20.0 Å². The summed E-state index contributed by atoms with van der Waals surface area (Å²) in [7, 11) is -3.80. The van der Waals surface area contributed by atoms with Crippen LogP contribution in [-0.4, -0.2) is 34.7 Å². The molecule has 0 spiro atoms. The standard InChI is InChI=1S/C15H12N6O4S2/c22-21(23)13-8-11(6-7-14(13)26-15-16-10-18-19-15)9-17-20-27(24,25)12-4-2-1-3-5-12/h1-10,20H,(H,16,18,19)/b17-9-. The molecule has 10 nitrogen and oxygen atoms in total. The molecular formula is C15H12N6O4S2. The first kappa shape index (κ1) is 18.5. The Morgan fingerprint density at radius 3 is 2.67 bits per heavy atom. The van der Waals surface area contributed by atoms with E-state index < -0.39 is 14.9 Å². The van der Waals surface area contributed by atoms with Crippen LogP contribution in [-0.2, 0) is 10.0 Å². The fourth-order valence-electron chi connectivity index (χ4n) is 2.01. The minimum Gasteiger partial charge on any atom is -0.258 e. The van der Waals surface area contributed by atoms with Crippen molar-refractivity contribution in [2.75, 3.05) is 0 Å². The van der Waals surface area contributed by atoms with Crippen molar-refractivity contribution in [2.24, 2.45) is 5.10 Å². The van der Waals surface area contributed by atoms with Gasteiger partial charge in [-0.05, 0) is 30.0 Å². The van der Waals surface area contributed by atoms with Crippen LogP contribution in [0, 0.1) is 10.1 Å². The normalized spacial score (nSPS) is 11.6. The van der Waals surface area contributed by atoms with Gasteiger partial charge in [0.05, 0.1) is 20.9 Å². The van der Waals surface area contributed by atoms with Gasteiger partial charge in [-0.1, -0.05) is 24.3 Å². The second-order valence-corrected chi connectivity index (χ2v) is 7.73. The molecular weight excluding hydrogens is 392 g/mol. The number of rotatable bonds is 7. The third-order valence-corrected chi connectivity index (χ3v) is 5.41. The molecule has 0 aliphatic heterocycles. The number of aromatic nitrogens is 3. The summed E-state index contributed by atoms with van der Waals surface area (Å²) in [6.07, 6.45) is 2.49. The molecule has 2 aromatic carbocycles. The molecule has 12 heteroatoms. The monoisotopic (exact) mass is 404 g/mol. The van der Waals surface area contributed by atoms with E-state index in [2.05, 4.69) is 25.1 Å². The van der Waals surface area contributed by atoms with Crippen molar-refractivity contribution < 1.29 is 13.3 Å². The summed E-state index contributed by atoms with van der Waals surface area (Å²) in [5.74, 6) is 0. The van der Waals surface area contributed by atoms with E-state index in [1.807, 2.05) is 0 Å². The molecule has 2 N–H and O–H groups in total. The molecule has 1 heterocycles. The van der Waals surface area contributed by atoms with E-state index in [0.717, 1.165) is 11.8 Å². The summed E-state index contributed by atoms with van der Waals surface area (Å²) in [5.41, 5.74) is 0.200. The number of aromatic amines is 1.